The molecular formula is C23H21ClFN7O3S. The Bertz CT molecular complexity index is 1550. The molecule has 0 spiro atoms. The Morgan fingerprint density at radius 3 is 2.67 bits per heavy atom. The summed E-state index contributed by atoms with van der Waals surface area (Å²) in [4.78, 5) is 19.7. The minimum absolute atomic E-state index is 0.0474. The summed E-state index contributed by atoms with van der Waals surface area (Å²) in [6, 6.07) is 8.20. The summed E-state index contributed by atoms with van der Waals surface area (Å²) in [7, 11) is -2.80. The molecule has 10 nitrogen and oxygen atoms in total. The van der Waals surface area contributed by atoms with Crippen LogP contribution < -0.4 is 19.7 Å². The second-order valence-corrected chi connectivity index (χ2v) is 10.0. The number of methoxy groups -OCH3 is 1. The molecule has 186 valence electrons. The maximum absolute atomic E-state index is 13.4. The van der Waals surface area contributed by atoms with Crippen LogP contribution in [0.3, 0.4) is 0 Å². The van der Waals surface area contributed by atoms with Gasteiger partial charge in [0, 0.05) is 37.9 Å². The number of rotatable bonds is 6. The van der Waals surface area contributed by atoms with Crippen molar-refractivity contribution < 1.29 is 17.5 Å². The van der Waals surface area contributed by atoms with Crippen LogP contribution in [0.25, 0.3) is 22.3 Å². The number of benzene rings is 1. The molecule has 1 aliphatic rings. The van der Waals surface area contributed by atoms with Crippen LogP contribution in [0.15, 0.2) is 53.8 Å². The number of ether oxygens (including phenoxy) is 1. The van der Waals surface area contributed by atoms with E-state index in [1.165, 1.54) is 19.6 Å². The lowest BCUT2D eigenvalue weighted by atomic mass is 10.1. The maximum atomic E-state index is 13.4. The van der Waals surface area contributed by atoms with Gasteiger partial charge in [0.15, 0.2) is 5.82 Å². The Kier molecular flexibility index (Phi) is 6.56. The molecule has 5 rings (SSSR count). The minimum Gasteiger partial charge on any atom is -0.480 e. The highest BCUT2D eigenvalue weighted by molar-refractivity contribution is 7.92. The fourth-order valence-corrected chi connectivity index (χ4v) is 5.50. The molecule has 2 N–H and O–H groups in total. The molecule has 36 heavy (non-hydrogen) atoms. The lowest BCUT2D eigenvalue weighted by Gasteiger charge is -2.28. The Balaban J connectivity index is 1.54. The Labute approximate surface area is 211 Å². The van der Waals surface area contributed by atoms with Gasteiger partial charge in [0.05, 0.1) is 23.3 Å². The second kappa shape index (κ2) is 9.80. The van der Waals surface area contributed by atoms with Gasteiger partial charge in [-0.2, -0.15) is 0 Å². The summed E-state index contributed by atoms with van der Waals surface area (Å²) in [6.07, 6.45) is 3.05. The van der Waals surface area contributed by atoms with Crippen molar-refractivity contribution in [3.05, 3.63) is 59.8 Å². The summed E-state index contributed by atoms with van der Waals surface area (Å²) < 4.78 is 47.1. The number of piperazine rings is 1. The van der Waals surface area contributed by atoms with E-state index in [0.717, 1.165) is 50.2 Å². The summed E-state index contributed by atoms with van der Waals surface area (Å²) in [6.45, 7) is 3.27. The molecule has 1 fully saturated rings. The zero-order valence-electron chi connectivity index (χ0n) is 19.1. The first-order chi connectivity index (χ1) is 17.4. The molecule has 1 saturated heterocycles. The van der Waals surface area contributed by atoms with Gasteiger partial charge >= 0.3 is 0 Å². The summed E-state index contributed by atoms with van der Waals surface area (Å²) >= 11 is 5.98. The number of sulfonamides is 1. The standard InChI is InChI=1S/C23H21ClFN7O3S/c1-35-23-19(31-36(33,34)20-5-2-15(25)11-16(20)24)10-14(12-27-23)17-3-4-18-21(30-17)22(29-13-28-18)32-8-6-26-7-9-32/h2-5,10-13,26,31H,6-9H2,1H3. The van der Waals surface area contributed by atoms with Gasteiger partial charge in [0.2, 0.25) is 5.88 Å². The van der Waals surface area contributed by atoms with Gasteiger partial charge in [-0.1, -0.05) is 11.6 Å². The van der Waals surface area contributed by atoms with Gasteiger partial charge in [-0.3, -0.25) is 4.72 Å². The van der Waals surface area contributed by atoms with Crippen molar-refractivity contribution in [1.82, 2.24) is 25.3 Å². The van der Waals surface area contributed by atoms with Crippen molar-refractivity contribution in [3.63, 3.8) is 0 Å². The SMILES string of the molecule is COc1ncc(-c2ccc3ncnc(N4CCNCC4)c3n2)cc1NS(=O)(=O)c1ccc(F)cc1Cl. The highest BCUT2D eigenvalue weighted by Gasteiger charge is 2.22. The van der Waals surface area contributed by atoms with Crippen LogP contribution in [0.2, 0.25) is 5.02 Å². The van der Waals surface area contributed by atoms with E-state index in [0.29, 0.717) is 22.3 Å². The number of hydrogen-bond acceptors (Lipinski definition) is 9. The van der Waals surface area contributed by atoms with E-state index in [1.54, 1.807) is 12.1 Å². The molecule has 3 aromatic heterocycles. The summed E-state index contributed by atoms with van der Waals surface area (Å²) in [5, 5.41) is 3.07. The molecule has 0 radical (unpaired) electrons. The first-order valence-corrected chi connectivity index (χ1v) is 12.8. The molecule has 4 aromatic rings. The molecular weight excluding hydrogens is 509 g/mol. The third-order valence-corrected chi connectivity index (χ3v) is 7.50. The predicted octanol–water partition coefficient (Wildman–Crippen LogP) is 3.10. The predicted molar refractivity (Wildman–Crippen MR) is 134 cm³/mol. The zero-order valence-corrected chi connectivity index (χ0v) is 20.6. The number of halogens is 2. The van der Waals surface area contributed by atoms with Gasteiger partial charge in [0.1, 0.15) is 28.2 Å². The molecule has 0 unspecified atom stereocenters. The smallest absolute Gasteiger partial charge is 0.263 e. The lowest BCUT2D eigenvalue weighted by molar-refractivity contribution is 0.400. The van der Waals surface area contributed by atoms with Gasteiger partial charge in [-0.05, 0) is 36.4 Å². The van der Waals surface area contributed by atoms with Crippen LogP contribution in [0, 0.1) is 5.82 Å². The van der Waals surface area contributed by atoms with Crippen molar-refractivity contribution in [2.24, 2.45) is 0 Å². The third-order valence-electron chi connectivity index (χ3n) is 5.65. The molecule has 4 heterocycles. The number of fused-ring (bicyclic) bond motifs is 1. The van der Waals surface area contributed by atoms with Crippen molar-refractivity contribution in [2.45, 2.75) is 4.90 Å². The summed E-state index contributed by atoms with van der Waals surface area (Å²) in [5.74, 6) is 0.134. The first-order valence-electron chi connectivity index (χ1n) is 11.0. The normalized spacial score (nSPS) is 14.1. The fourth-order valence-electron chi connectivity index (χ4n) is 3.92. The topological polar surface area (TPSA) is 122 Å². The zero-order chi connectivity index (χ0) is 25.3. The quantitative estimate of drug-likeness (QED) is 0.388. The highest BCUT2D eigenvalue weighted by atomic mass is 35.5. The molecule has 0 saturated carbocycles. The number of pyridine rings is 2. The van der Waals surface area contributed by atoms with Crippen molar-refractivity contribution in [3.8, 4) is 17.1 Å². The monoisotopic (exact) mass is 529 g/mol. The average Bonchev–Trinajstić information content (AvgIpc) is 2.88. The number of anilines is 2. The fraction of sp³-hybridized carbons (Fsp3) is 0.217. The van der Waals surface area contributed by atoms with E-state index in [2.05, 4.69) is 29.9 Å². The molecule has 0 amide bonds. The van der Waals surface area contributed by atoms with Crippen LogP contribution in [0.5, 0.6) is 5.88 Å². The molecule has 1 aliphatic heterocycles. The molecule has 0 atom stereocenters. The second-order valence-electron chi connectivity index (χ2n) is 7.96. The van der Waals surface area contributed by atoms with Crippen LogP contribution in [0.1, 0.15) is 0 Å². The average molecular weight is 530 g/mol. The Morgan fingerprint density at radius 2 is 1.92 bits per heavy atom. The van der Waals surface area contributed by atoms with E-state index in [1.807, 2.05) is 6.07 Å². The van der Waals surface area contributed by atoms with E-state index in [-0.39, 0.29) is 21.5 Å². The van der Waals surface area contributed by atoms with Gasteiger partial charge < -0.3 is 15.0 Å². The van der Waals surface area contributed by atoms with E-state index >= 15 is 0 Å². The highest BCUT2D eigenvalue weighted by Crippen LogP contribution is 2.32. The molecule has 13 heteroatoms. The van der Waals surface area contributed by atoms with Crippen LogP contribution >= 0.6 is 11.6 Å². The number of nitrogens with zero attached hydrogens (tertiary/aromatic N) is 5. The largest absolute Gasteiger partial charge is 0.480 e. The van der Waals surface area contributed by atoms with Crippen LogP contribution in [0.4, 0.5) is 15.9 Å². The van der Waals surface area contributed by atoms with E-state index < -0.39 is 15.8 Å². The molecule has 1 aromatic carbocycles. The first kappa shape index (κ1) is 24.1. The van der Waals surface area contributed by atoms with E-state index in [9.17, 15) is 12.8 Å². The molecule has 0 bridgehead atoms. The van der Waals surface area contributed by atoms with Crippen molar-refractivity contribution in [2.75, 3.05) is 42.9 Å². The Hall–Kier alpha value is -3.61. The lowest BCUT2D eigenvalue weighted by Crippen LogP contribution is -2.44. The van der Waals surface area contributed by atoms with Crippen molar-refractivity contribution in [1.29, 1.82) is 0 Å². The minimum atomic E-state index is -4.17. The third kappa shape index (κ3) is 4.74. The van der Waals surface area contributed by atoms with Gasteiger partial charge in [-0.15, -0.1) is 0 Å². The molecule has 0 aliphatic carbocycles. The Morgan fingerprint density at radius 1 is 1.11 bits per heavy atom. The van der Waals surface area contributed by atoms with Gasteiger partial charge in [0.25, 0.3) is 10.0 Å². The number of nitrogens with one attached hydrogen (secondary N) is 2. The van der Waals surface area contributed by atoms with E-state index in [4.69, 9.17) is 21.3 Å². The van der Waals surface area contributed by atoms with Crippen LogP contribution in [-0.2, 0) is 10.0 Å². The van der Waals surface area contributed by atoms with Gasteiger partial charge in [-0.25, -0.2) is 32.7 Å². The number of hydrogen-bond donors (Lipinski definition) is 2. The number of aromatic nitrogens is 4. The van der Waals surface area contributed by atoms with Crippen LogP contribution in [-0.4, -0.2) is 61.6 Å². The van der Waals surface area contributed by atoms with Crippen molar-refractivity contribution >= 4 is 44.2 Å². The summed E-state index contributed by atoms with van der Waals surface area (Å²) in [5.41, 5.74) is 2.48. The maximum Gasteiger partial charge on any atom is 0.263 e.